The molecule has 1 amide bonds. The molecule has 0 bridgehead atoms. The minimum absolute atomic E-state index is 0.0965. The number of anilines is 2. The quantitative estimate of drug-likeness (QED) is 0.527. The summed E-state index contributed by atoms with van der Waals surface area (Å²) in [4.78, 5) is 38.8. The van der Waals surface area contributed by atoms with E-state index in [1.807, 2.05) is 13.0 Å². The molecular weight excluding hydrogens is 420 g/mol. The van der Waals surface area contributed by atoms with Gasteiger partial charge in [0.1, 0.15) is 5.82 Å². The molecular formula is C21H25ClN6O3. The normalized spacial score (nSPS) is 17.0. The smallest absolute Gasteiger partial charge is 0.270 e. The molecule has 10 heteroatoms. The summed E-state index contributed by atoms with van der Waals surface area (Å²) in [5, 5.41) is 11.0. The average molecular weight is 445 g/mol. The van der Waals surface area contributed by atoms with E-state index >= 15 is 0 Å². The Morgan fingerprint density at radius 1 is 1.00 bits per heavy atom. The number of amides is 1. The number of piperidine rings is 1. The molecule has 4 rings (SSSR count). The van der Waals surface area contributed by atoms with Crippen LogP contribution in [-0.4, -0.2) is 65.0 Å². The molecule has 2 aliphatic heterocycles. The molecule has 0 radical (unpaired) electrons. The van der Waals surface area contributed by atoms with Crippen LogP contribution in [0.3, 0.4) is 0 Å². The third kappa shape index (κ3) is 4.71. The summed E-state index contributed by atoms with van der Waals surface area (Å²) >= 11 is 6.14. The second-order valence-corrected chi connectivity index (χ2v) is 8.32. The van der Waals surface area contributed by atoms with Crippen molar-refractivity contribution in [3.05, 3.63) is 50.7 Å². The Kier molecular flexibility index (Phi) is 6.22. The fraction of sp³-hybridized carbons (Fsp3) is 0.476. The van der Waals surface area contributed by atoms with Crippen LogP contribution in [0.4, 0.5) is 17.5 Å². The zero-order valence-corrected chi connectivity index (χ0v) is 18.2. The van der Waals surface area contributed by atoms with Crippen molar-refractivity contribution in [1.82, 2.24) is 14.9 Å². The summed E-state index contributed by atoms with van der Waals surface area (Å²) in [6.45, 7) is 6.29. The number of hydrogen-bond donors (Lipinski definition) is 0. The van der Waals surface area contributed by atoms with E-state index in [1.54, 1.807) is 4.90 Å². The van der Waals surface area contributed by atoms with Crippen molar-refractivity contribution in [3.63, 3.8) is 0 Å². The van der Waals surface area contributed by atoms with Gasteiger partial charge in [0.25, 0.3) is 11.6 Å². The lowest BCUT2D eigenvalue weighted by molar-refractivity contribution is -0.384. The Labute approximate surface area is 185 Å². The van der Waals surface area contributed by atoms with Crippen molar-refractivity contribution in [3.8, 4) is 0 Å². The van der Waals surface area contributed by atoms with E-state index in [2.05, 4.69) is 14.8 Å². The Hall–Kier alpha value is -2.94. The Morgan fingerprint density at radius 2 is 1.71 bits per heavy atom. The number of piperazine rings is 1. The molecule has 2 aromatic rings. The molecule has 164 valence electrons. The van der Waals surface area contributed by atoms with Crippen molar-refractivity contribution in [1.29, 1.82) is 0 Å². The van der Waals surface area contributed by atoms with Crippen LogP contribution in [0.15, 0.2) is 24.3 Å². The van der Waals surface area contributed by atoms with Crippen molar-refractivity contribution >= 4 is 35.0 Å². The maximum absolute atomic E-state index is 12.9. The fourth-order valence-corrected chi connectivity index (χ4v) is 4.29. The molecule has 0 atom stereocenters. The van der Waals surface area contributed by atoms with E-state index in [1.165, 1.54) is 37.5 Å². The number of hydrogen-bond acceptors (Lipinski definition) is 7. The molecule has 0 aliphatic carbocycles. The minimum atomic E-state index is -0.527. The Morgan fingerprint density at radius 3 is 2.35 bits per heavy atom. The van der Waals surface area contributed by atoms with E-state index in [-0.39, 0.29) is 22.2 Å². The predicted octanol–water partition coefficient (Wildman–Crippen LogP) is 3.30. The average Bonchev–Trinajstić information content (AvgIpc) is 2.79. The molecule has 1 aromatic carbocycles. The largest absolute Gasteiger partial charge is 0.353 e. The highest BCUT2D eigenvalue weighted by Crippen LogP contribution is 2.25. The van der Waals surface area contributed by atoms with Crippen molar-refractivity contribution < 1.29 is 9.72 Å². The third-order valence-corrected chi connectivity index (χ3v) is 6.07. The first-order valence-electron chi connectivity index (χ1n) is 10.5. The van der Waals surface area contributed by atoms with Gasteiger partial charge < -0.3 is 14.7 Å². The summed E-state index contributed by atoms with van der Waals surface area (Å²) in [6.07, 6.45) is 3.58. The number of halogens is 1. The highest BCUT2D eigenvalue weighted by atomic mass is 35.5. The number of nitro benzene ring substituents is 1. The summed E-state index contributed by atoms with van der Waals surface area (Å²) < 4.78 is 0. The van der Waals surface area contributed by atoms with Crippen LogP contribution in [0.2, 0.25) is 5.02 Å². The zero-order chi connectivity index (χ0) is 22.0. The fourth-order valence-electron chi connectivity index (χ4n) is 4.03. The molecule has 9 nitrogen and oxygen atoms in total. The van der Waals surface area contributed by atoms with E-state index in [9.17, 15) is 14.9 Å². The van der Waals surface area contributed by atoms with Crippen molar-refractivity contribution in [2.45, 2.75) is 26.2 Å². The molecule has 0 spiro atoms. The van der Waals surface area contributed by atoms with Crippen LogP contribution >= 0.6 is 11.6 Å². The Bertz CT molecular complexity index is 987. The molecule has 2 aliphatic rings. The molecule has 1 aromatic heterocycles. The highest BCUT2D eigenvalue weighted by molar-refractivity contribution is 6.34. The number of nitrogens with zero attached hydrogens (tertiary/aromatic N) is 6. The minimum Gasteiger partial charge on any atom is -0.353 e. The van der Waals surface area contributed by atoms with Crippen LogP contribution in [0, 0.1) is 17.0 Å². The summed E-state index contributed by atoms with van der Waals surface area (Å²) in [5.74, 6) is 1.45. The number of non-ortho nitro benzene ring substituents is 1. The Balaban J connectivity index is 1.43. The van der Waals surface area contributed by atoms with Gasteiger partial charge in [0.2, 0.25) is 5.95 Å². The summed E-state index contributed by atoms with van der Waals surface area (Å²) in [5.41, 5.74) is 1.09. The van der Waals surface area contributed by atoms with Crippen LogP contribution in [0.5, 0.6) is 0 Å². The van der Waals surface area contributed by atoms with Gasteiger partial charge in [-0.05, 0) is 32.3 Å². The van der Waals surface area contributed by atoms with E-state index < -0.39 is 4.92 Å². The molecule has 2 fully saturated rings. The number of carbonyl (C=O) groups is 1. The molecule has 2 saturated heterocycles. The van der Waals surface area contributed by atoms with Crippen molar-refractivity contribution in [2.24, 2.45) is 0 Å². The maximum Gasteiger partial charge on any atom is 0.270 e. The van der Waals surface area contributed by atoms with Gasteiger partial charge in [-0.15, -0.1) is 0 Å². The van der Waals surface area contributed by atoms with Crippen LogP contribution in [0.1, 0.15) is 35.3 Å². The van der Waals surface area contributed by atoms with Gasteiger partial charge in [0.05, 0.1) is 15.5 Å². The van der Waals surface area contributed by atoms with E-state index in [0.717, 1.165) is 30.5 Å². The number of benzene rings is 1. The lowest BCUT2D eigenvalue weighted by Gasteiger charge is -2.36. The van der Waals surface area contributed by atoms with Crippen molar-refractivity contribution in [2.75, 3.05) is 49.1 Å². The first kappa shape index (κ1) is 21.3. The standard InChI is InChI=1S/C21H25ClN6O3/c1-15-13-19(24-21(23-15)27-7-3-2-4-8-27)25-9-11-26(12-10-25)20(29)17-6-5-16(28(30)31)14-18(17)22/h5-6,13-14H,2-4,7-12H2,1H3. The van der Waals surface area contributed by atoms with Gasteiger partial charge in [-0.2, -0.15) is 4.98 Å². The monoisotopic (exact) mass is 444 g/mol. The van der Waals surface area contributed by atoms with Gasteiger partial charge in [0.15, 0.2) is 0 Å². The first-order valence-corrected chi connectivity index (χ1v) is 10.9. The number of nitro groups is 1. The zero-order valence-electron chi connectivity index (χ0n) is 17.5. The number of carbonyl (C=O) groups excluding carboxylic acids is 1. The van der Waals surface area contributed by atoms with Crippen LogP contribution in [0.25, 0.3) is 0 Å². The lowest BCUT2D eigenvalue weighted by atomic mass is 10.1. The number of aryl methyl sites for hydroxylation is 1. The predicted molar refractivity (Wildman–Crippen MR) is 119 cm³/mol. The summed E-state index contributed by atoms with van der Waals surface area (Å²) in [7, 11) is 0. The number of rotatable bonds is 4. The van der Waals surface area contributed by atoms with Gasteiger partial charge in [-0.3, -0.25) is 14.9 Å². The third-order valence-electron chi connectivity index (χ3n) is 5.75. The van der Waals surface area contributed by atoms with E-state index in [0.29, 0.717) is 26.2 Å². The van der Waals surface area contributed by atoms with Crippen LogP contribution in [-0.2, 0) is 0 Å². The SMILES string of the molecule is Cc1cc(N2CCN(C(=O)c3ccc([N+](=O)[O-])cc3Cl)CC2)nc(N2CCCCC2)n1. The maximum atomic E-state index is 12.9. The second-order valence-electron chi connectivity index (χ2n) is 7.92. The summed E-state index contributed by atoms with van der Waals surface area (Å²) in [6, 6.07) is 5.93. The first-order chi connectivity index (χ1) is 14.9. The highest BCUT2D eigenvalue weighted by Gasteiger charge is 2.26. The van der Waals surface area contributed by atoms with E-state index in [4.69, 9.17) is 16.6 Å². The van der Waals surface area contributed by atoms with Gasteiger partial charge >= 0.3 is 0 Å². The molecule has 0 N–H and O–H groups in total. The van der Waals surface area contributed by atoms with Gasteiger partial charge in [0, 0.05) is 63.2 Å². The van der Waals surface area contributed by atoms with Gasteiger partial charge in [-0.25, -0.2) is 4.98 Å². The number of aromatic nitrogens is 2. The molecule has 0 saturated carbocycles. The van der Waals surface area contributed by atoms with Gasteiger partial charge in [-0.1, -0.05) is 11.6 Å². The van der Waals surface area contributed by atoms with Crippen LogP contribution < -0.4 is 9.80 Å². The second kappa shape index (κ2) is 9.05. The molecule has 3 heterocycles. The lowest BCUT2D eigenvalue weighted by Crippen LogP contribution is -2.49. The molecule has 31 heavy (non-hydrogen) atoms. The molecule has 0 unspecified atom stereocenters. The topological polar surface area (TPSA) is 95.7 Å².